The van der Waals surface area contributed by atoms with Crippen LogP contribution < -0.4 is 10.1 Å². The molecule has 0 aromatic heterocycles. The van der Waals surface area contributed by atoms with E-state index in [9.17, 15) is 30.7 Å². The average molecular weight is 411 g/mol. The summed E-state index contributed by atoms with van der Waals surface area (Å²) in [5, 5.41) is 2.98. The molecule has 1 aromatic rings. The molecule has 1 fully saturated rings. The third kappa shape index (κ3) is 6.17. The van der Waals surface area contributed by atoms with Crippen molar-refractivity contribution in [3.63, 3.8) is 0 Å². The number of para-hydroxylation sites is 1. The Balaban J connectivity index is 0.00000338. The highest BCUT2D eigenvalue weighted by Crippen LogP contribution is 2.40. The molecule has 0 spiro atoms. The van der Waals surface area contributed by atoms with Crippen molar-refractivity contribution in [3.05, 3.63) is 29.8 Å². The Kier molecular flexibility index (Phi) is 7.97. The zero-order valence-electron chi connectivity index (χ0n) is 13.4. The van der Waals surface area contributed by atoms with E-state index in [1.165, 1.54) is 23.1 Å². The Labute approximate surface area is 151 Å². The van der Waals surface area contributed by atoms with Gasteiger partial charge in [0.15, 0.2) is 0 Å². The van der Waals surface area contributed by atoms with Crippen molar-refractivity contribution < 1.29 is 35.5 Å². The number of alkyl halides is 7. The summed E-state index contributed by atoms with van der Waals surface area (Å²) in [6.07, 6.45) is -14.7. The van der Waals surface area contributed by atoms with Crippen molar-refractivity contribution in [1.82, 2.24) is 10.2 Å². The fourth-order valence-corrected chi connectivity index (χ4v) is 2.69. The Morgan fingerprint density at radius 2 is 1.62 bits per heavy atom. The van der Waals surface area contributed by atoms with Gasteiger partial charge in [-0.05, 0) is 6.07 Å². The molecule has 26 heavy (non-hydrogen) atoms. The van der Waals surface area contributed by atoms with Crippen molar-refractivity contribution in [1.29, 1.82) is 0 Å². The van der Waals surface area contributed by atoms with Crippen LogP contribution in [-0.4, -0.2) is 49.8 Å². The second kappa shape index (κ2) is 9.09. The summed E-state index contributed by atoms with van der Waals surface area (Å²) in [4.78, 5) is 1.48. The van der Waals surface area contributed by atoms with E-state index in [0.717, 1.165) is 6.07 Å². The number of halogens is 8. The molecule has 1 heterocycles. The Morgan fingerprint density at radius 1 is 1.04 bits per heavy atom. The zero-order valence-corrected chi connectivity index (χ0v) is 14.2. The highest BCUT2D eigenvalue weighted by molar-refractivity contribution is 5.85. The van der Waals surface area contributed by atoms with Crippen molar-refractivity contribution >= 4 is 12.4 Å². The van der Waals surface area contributed by atoms with E-state index in [2.05, 4.69) is 10.1 Å². The van der Waals surface area contributed by atoms with Crippen LogP contribution in [0.5, 0.6) is 5.75 Å². The molecule has 0 unspecified atom stereocenters. The van der Waals surface area contributed by atoms with Crippen LogP contribution in [0.4, 0.5) is 30.7 Å². The number of piperazine rings is 1. The van der Waals surface area contributed by atoms with Gasteiger partial charge in [0.25, 0.3) is 0 Å². The molecule has 0 radical (unpaired) electrons. The second-order valence-electron chi connectivity index (χ2n) is 5.62. The predicted octanol–water partition coefficient (Wildman–Crippen LogP) is 4.24. The summed E-state index contributed by atoms with van der Waals surface area (Å²) < 4.78 is 94.3. The van der Waals surface area contributed by atoms with E-state index in [1.807, 2.05) is 0 Å². The van der Waals surface area contributed by atoms with E-state index in [4.69, 9.17) is 0 Å². The van der Waals surface area contributed by atoms with Crippen LogP contribution in [0, 0.1) is 0 Å². The van der Waals surface area contributed by atoms with Gasteiger partial charge in [-0.3, -0.25) is 4.90 Å². The number of ether oxygens (including phenoxy) is 1. The summed E-state index contributed by atoms with van der Waals surface area (Å²) in [5.41, 5.74) is -0.193. The fourth-order valence-electron chi connectivity index (χ4n) is 2.69. The van der Waals surface area contributed by atoms with Crippen LogP contribution in [0.15, 0.2) is 24.3 Å². The van der Waals surface area contributed by atoms with Crippen LogP contribution in [0.3, 0.4) is 0 Å². The third-order valence-electron chi connectivity index (χ3n) is 3.80. The molecule has 11 heteroatoms. The summed E-state index contributed by atoms with van der Waals surface area (Å²) in [6.45, 7) is 1.40. The minimum absolute atomic E-state index is 0. The summed E-state index contributed by atoms with van der Waals surface area (Å²) in [5.74, 6) is -0.680. The SMILES string of the molecule is Cl.FC(F)C(F)(F)Oc1ccccc1[C@H](CC(F)(F)F)N1CCNCC1. The zero-order chi connectivity index (χ0) is 18.7. The molecule has 1 N–H and O–H groups in total. The van der Waals surface area contributed by atoms with Crippen molar-refractivity contribution in [2.75, 3.05) is 26.2 Å². The molecule has 0 bridgehead atoms. The lowest BCUT2D eigenvalue weighted by molar-refractivity contribution is -0.253. The van der Waals surface area contributed by atoms with Gasteiger partial charge in [0.1, 0.15) is 5.75 Å². The van der Waals surface area contributed by atoms with Gasteiger partial charge in [-0.2, -0.15) is 30.7 Å². The molecule has 1 aromatic carbocycles. The van der Waals surface area contributed by atoms with E-state index >= 15 is 0 Å². The van der Waals surface area contributed by atoms with Crippen LogP contribution in [-0.2, 0) is 0 Å². The van der Waals surface area contributed by atoms with Gasteiger partial charge in [-0.25, -0.2) is 0 Å². The van der Waals surface area contributed by atoms with E-state index in [-0.39, 0.29) is 31.1 Å². The van der Waals surface area contributed by atoms with Gasteiger partial charge in [0, 0.05) is 37.8 Å². The van der Waals surface area contributed by atoms with E-state index in [1.54, 1.807) is 0 Å². The highest BCUT2D eigenvalue weighted by atomic mass is 35.5. The monoisotopic (exact) mass is 410 g/mol. The Hall–Kier alpha value is -1.26. The lowest BCUT2D eigenvalue weighted by atomic mass is 9.99. The fraction of sp³-hybridized carbons (Fsp3) is 0.600. The van der Waals surface area contributed by atoms with Crippen LogP contribution in [0.1, 0.15) is 18.0 Å². The van der Waals surface area contributed by atoms with Crippen molar-refractivity contribution in [2.24, 2.45) is 0 Å². The van der Waals surface area contributed by atoms with Gasteiger partial charge in [0.2, 0.25) is 0 Å². The summed E-state index contributed by atoms with van der Waals surface area (Å²) >= 11 is 0. The predicted molar refractivity (Wildman–Crippen MR) is 83.1 cm³/mol. The lowest BCUT2D eigenvalue weighted by Gasteiger charge is -2.36. The molecule has 1 saturated heterocycles. The lowest BCUT2D eigenvalue weighted by Crippen LogP contribution is -2.46. The van der Waals surface area contributed by atoms with Gasteiger partial charge in [-0.1, -0.05) is 18.2 Å². The Morgan fingerprint density at radius 3 is 2.15 bits per heavy atom. The smallest absolute Gasteiger partial charge is 0.428 e. The van der Waals surface area contributed by atoms with Gasteiger partial charge in [-0.15, -0.1) is 12.4 Å². The third-order valence-corrected chi connectivity index (χ3v) is 3.80. The first-order valence-electron chi connectivity index (χ1n) is 7.55. The normalized spacial score (nSPS) is 17.7. The number of hydrogen-bond donors (Lipinski definition) is 1. The molecule has 150 valence electrons. The molecule has 3 nitrogen and oxygen atoms in total. The van der Waals surface area contributed by atoms with Crippen LogP contribution in [0.25, 0.3) is 0 Å². The number of benzene rings is 1. The topological polar surface area (TPSA) is 24.5 Å². The summed E-state index contributed by atoms with van der Waals surface area (Å²) in [6, 6.07) is 3.45. The van der Waals surface area contributed by atoms with E-state index in [0.29, 0.717) is 13.1 Å². The molecular formula is C15H18ClF7N2O. The minimum atomic E-state index is -4.79. The molecule has 0 saturated carbocycles. The number of hydrogen-bond acceptors (Lipinski definition) is 3. The molecule has 0 aliphatic carbocycles. The number of rotatable bonds is 6. The molecule has 1 atom stereocenters. The first-order chi connectivity index (χ1) is 11.6. The Bertz CT molecular complexity index is 565. The standard InChI is InChI=1S/C15H17F7N2O.ClH/c16-13(17)15(21,22)25-12-4-2-1-3-10(12)11(9-14(18,19)20)24-7-5-23-6-8-24;/h1-4,11,13,23H,5-9H2;1H/t11-;/m0./s1. The van der Waals surface area contributed by atoms with Crippen molar-refractivity contribution in [2.45, 2.75) is 31.2 Å². The molecule has 1 aliphatic rings. The molecule has 0 amide bonds. The van der Waals surface area contributed by atoms with Crippen LogP contribution in [0.2, 0.25) is 0 Å². The number of nitrogens with one attached hydrogen (secondary N) is 1. The largest absolute Gasteiger partial charge is 0.461 e. The first kappa shape index (κ1) is 22.8. The van der Waals surface area contributed by atoms with Gasteiger partial charge in [0.05, 0.1) is 6.42 Å². The van der Waals surface area contributed by atoms with Gasteiger partial charge < -0.3 is 10.1 Å². The molecule has 2 rings (SSSR count). The van der Waals surface area contributed by atoms with E-state index < -0.39 is 36.9 Å². The maximum atomic E-state index is 13.2. The average Bonchev–Trinajstić information content (AvgIpc) is 2.53. The molecule has 1 aliphatic heterocycles. The second-order valence-corrected chi connectivity index (χ2v) is 5.62. The van der Waals surface area contributed by atoms with Crippen LogP contribution >= 0.6 is 12.4 Å². The van der Waals surface area contributed by atoms with Crippen molar-refractivity contribution in [3.8, 4) is 5.75 Å². The maximum Gasteiger partial charge on any atom is 0.461 e. The number of nitrogens with zero attached hydrogens (tertiary/aromatic N) is 1. The maximum absolute atomic E-state index is 13.2. The summed E-state index contributed by atoms with van der Waals surface area (Å²) in [7, 11) is 0. The minimum Gasteiger partial charge on any atom is -0.428 e. The highest BCUT2D eigenvalue weighted by Gasteiger charge is 2.45. The first-order valence-corrected chi connectivity index (χ1v) is 7.55. The van der Waals surface area contributed by atoms with Gasteiger partial charge >= 0.3 is 18.7 Å². The molecular weight excluding hydrogens is 393 g/mol. The quantitative estimate of drug-likeness (QED) is 0.710.